The molecule has 2 N–H and O–H groups in total. The lowest BCUT2D eigenvalue weighted by molar-refractivity contribution is 0.304. The van der Waals surface area contributed by atoms with Crippen LogP contribution in [0.4, 0.5) is 11.5 Å². The number of benzene rings is 1. The van der Waals surface area contributed by atoms with Gasteiger partial charge in [-0.3, -0.25) is 0 Å². The van der Waals surface area contributed by atoms with E-state index in [2.05, 4.69) is 16.4 Å². The largest absolute Gasteiger partial charge is 0.495 e. The van der Waals surface area contributed by atoms with Crippen molar-refractivity contribution in [3.05, 3.63) is 47.7 Å². The molecule has 23 heavy (non-hydrogen) atoms. The van der Waals surface area contributed by atoms with Gasteiger partial charge < -0.3 is 20.1 Å². The monoisotopic (exact) mass is 312 g/mol. The Morgan fingerprint density at radius 3 is 2.78 bits per heavy atom. The number of likely N-dealkylation sites (N-methyl/N-ethyl adjacent to an activating group) is 1. The lowest BCUT2D eigenvalue weighted by atomic mass is 10.1. The Bertz CT molecular complexity index is 680. The zero-order valence-electron chi connectivity index (χ0n) is 13.3. The van der Waals surface area contributed by atoms with Crippen LogP contribution in [0.25, 0.3) is 0 Å². The predicted octanol–water partition coefficient (Wildman–Crippen LogP) is 2.00. The van der Waals surface area contributed by atoms with E-state index >= 15 is 0 Å². The maximum Gasteiger partial charge on any atom is 0.136 e. The fourth-order valence-corrected chi connectivity index (χ4v) is 2.14. The van der Waals surface area contributed by atoms with Gasteiger partial charge in [0, 0.05) is 20.1 Å². The van der Waals surface area contributed by atoms with E-state index in [4.69, 9.17) is 15.1 Å². The highest BCUT2D eigenvalue weighted by Crippen LogP contribution is 2.20. The van der Waals surface area contributed by atoms with Gasteiger partial charge in [0.25, 0.3) is 0 Å². The summed E-state index contributed by atoms with van der Waals surface area (Å²) in [6.45, 7) is 1.24. The maximum absolute atomic E-state index is 9.10. The first-order chi connectivity index (χ1) is 11.2. The zero-order valence-corrected chi connectivity index (χ0v) is 13.3. The van der Waals surface area contributed by atoms with Gasteiger partial charge in [-0.2, -0.15) is 5.26 Å². The normalized spacial score (nSPS) is 10.0. The molecule has 0 radical (unpaired) electrons. The van der Waals surface area contributed by atoms with Crippen LogP contribution < -0.4 is 15.0 Å². The Hall–Kier alpha value is -2.78. The third-order valence-corrected chi connectivity index (χ3v) is 3.48. The molecule has 0 aliphatic rings. The smallest absolute Gasteiger partial charge is 0.136 e. The van der Waals surface area contributed by atoms with Gasteiger partial charge in [-0.25, -0.2) is 4.98 Å². The van der Waals surface area contributed by atoms with Crippen molar-refractivity contribution in [2.45, 2.75) is 6.54 Å². The minimum absolute atomic E-state index is 0.106. The molecular formula is C17H20N4O2. The summed E-state index contributed by atoms with van der Waals surface area (Å²) in [7, 11) is 3.45. The fraction of sp³-hybridized carbons (Fsp3) is 0.294. The first kappa shape index (κ1) is 16.6. The Labute approximate surface area is 136 Å². The summed E-state index contributed by atoms with van der Waals surface area (Å²) < 4.78 is 5.13. The number of aromatic nitrogens is 1. The highest BCUT2D eigenvalue weighted by atomic mass is 16.5. The van der Waals surface area contributed by atoms with Crippen molar-refractivity contribution in [3.8, 4) is 11.8 Å². The average molecular weight is 312 g/mol. The van der Waals surface area contributed by atoms with Crippen molar-refractivity contribution in [2.75, 3.05) is 37.5 Å². The highest BCUT2D eigenvalue weighted by molar-refractivity contribution is 5.50. The number of pyridine rings is 1. The second-order valence-corrected chi connectivity index (χ2v) is 5.05. The van der Waals surface area contributed by atoms with Crippen LogP contribution in [0.3, 0.4) is 0 Å². The third kappa shape index (κ3) is 4.34. The molecule has 6 heteroatoms. The molecular weight excluding hydrogens is 292 g/mol. The molecule has 0 spiro atoms. The van der Waals surface area contributed by atoms with E-state index < -0.39 is 0 Å². The van der Waals surface area contributed by atoms with Gasteiger partial charge in [-0.1, -0.05) is 6.07 Å². The zero-order chi connectivity index (χ0) is 16.7. The number of aliphatic hydroxyl groups is 1. The minimum atomic E-state index is 0.106. The number of hydrogen-bond donors (Lipinski definition) is 2. The minimum Gasteiger partial charge on any atom is -0.495 e. The summed E-state index contributed by atoms with van der Waals surface area (Å²) in [5.74, 6) is 1.33. The topological polar surface area (TPSA) is 81.4 Å². The van der Waals surface area contributed by atoms with E-state index in [0.717, 1.165) is 17.1 Å². The Morgan fingerprint density at radius 2 is 2.17 bits per heavy atom. The van der Waals surface area contributed by atoms with Crippen LogP contribution in [0.1, 0.15) is 11.1 Å². The number of hydrogen-bond acceptors (Lipinski definition) is 6. The average Bonchev–Trinajstić information content (AvgIpc) is 2.60. The summed E-state index contributed by atoms with van der Waals surface area (Å²) in [4.78, 5) is 6.28. The molecule has 1 aromatic heterocycles. The van der Waals surface area contributed by atoms with Crippen LogP contribution in [0.5, 0.6) is 5.75 Å². The number of nitrogens with zero attached hydrogens (tertiary/aromatic N) is 3. The number of anilines is 2. The SMILES string of the molecule is COc1ccc(CNc2ccc(N(C)CCO)cn2)cc1C#N. The summed E-state index contributed by atoms with van der Waals surface area (Å²) in [6.07, 6.45) is 1.76. The summed E-state index contributed by atoms with van der Waals surface area (Å²) in [5, 5.41) is 21.3. The summed E-state index contributed by atoms with van der Waals surface area (Å²) >= 11 is 0. The van der Waals surface area contributed by atoms with E-state index in [1.54, 1.807) is 25.4 Å². The molecule has 0 bridgehead atoms. The van der Waals surface area contributed by atoms with E-state index in [1.165, 1.54) is 0 Å². The maximum atomic E-state index is 9.10. The third-order valence-electron chi connectivity index (χ3n) is 3.48. The van der Waals surface area contributed by atoms with Crippen LogP contribution in [-0.2, 0) is 6.54 Å². The van der Waals surface area contributed by atoms with Gasteiger partial charge in [0.05, 0.1) is 31.2 Å². The van der Waals surface area contributed by atoms with Crippen LogP contribution >= 0.6 is 0 Å². The lowest BCUT2D eigenvalue weighted by Gasteiger charge is -2.17. The van der Waals surface area contributed by atoms with Gasteiger partial charge in [0.2, 0.25) is 0 Å². The molecule has 120 valence electrons. The van der Waals surface area contributed by atoms with E-state index in [1.807, 2.05) is 30.1 Å². The van der Waals surface area contributed by atoms with Crippen molar-refractivity contribution in [1.29, 1.82) is 5.26 Å². The molecule has 2 rings (SSSR count). The van der Waals surface area contributed by atoms with E-state index in [0.29, 0.717) is 24.4 Å². The first-order valence-electron chi connectivity index (χ1n) is 7.27. The number of rotatable bonds is 7. The molecule has 0 aliphatic carbocycles. The molecule has 0 aliphatic heterocycles. The van der Waals surface area contributed by atoms with Crippen molar-refractivity contribution >= 4 is 11.5 Å². The van der Waals surface area contributed by atoms with Crippen molar-refractivity contribution in [1.82, 2.24) is 4.98 Å². The standard InChI is InChI=1S/C17H20N4O2/c1-21(7-8-22)15-4-6-17(20-12-15)19-11-13-3-5-16(23-2)14(9-13)10-18/h3-6,9,12,22H,7-8,11H2,1-2H3,(H,19,20). The summed E-state index contributed by atoms with van der Waals surface area (Å²) in [6, 6.07) is 11.5. The number of aliphatic hydroxyl groups excluding tert-OH is 1. The molecule has 0 unspecified atom stereocenters. The van der Waals surface area contributed by atoms with Crippen molar-refractivity contribution in [2.24, 2.45) is 0 Å². The highest BCUT2D eigenvalue weighted by Gasteiger charge is 2.04. The second-order valence-electron chi connectivity index (χ2n) is 5.05. The van der Waals surface area contributed by atoms with Crippen LogP contribution in [0, 0.1) is 11.3 Å². The molecule has 0 saturated heterocycles. The Morgan fingerprint density at radius 1 is 1.35 bits per heavy atom. The van der Waals surface area contributed by atoms with Crippen LogP contribution in [-0.4, -0.2) is 37.4 Å². The number of ether oxygens (including phenoxy) is 1. The fourth-order valence-electron chi connectivity index (χ4n) is 2.14. The Balaban J connectivity index is 2.00. The van der Waals surface area contributed by atoms with Crippen molar-refractivity contribution in [3.63, 3.8) is 0 Å². The molecule has 0 saturated carbocycles. The molecule has 1 aromatic carbocycles. The van der Waals surface area contributed by atoms with Gasteiger partial charge in [-0.15, -0.1) is 0 Å². The second kappa shape index (κ2) is 8.01. The van der Waals surface area contributed by atoms with Crippen LogP contribution in [0.2, 0.25) is 0 Å². The Kier molecular flexibility index (Phi) is 5.78. The molecule has 0 amide bonds. The predicted molar refractivity (Wildman–Crippen MR) is 89.6 cm³/mol. The first-order valence-corrected chi connectivity index (χ1v) is 7.27. The summed E-state index contributed by atoms with van der Waals surface area (Å²) in [5.41, 5.74) is 2.44. The number of nitriles is 1. The van der Waals surface area contributed by atoms with Gasteiger partial charge in [-0.05, 0) is 29.8 Å². The molecule has 2 aromatic rings. The van der Waals surface area contributed by atoms with Gasteiger partial charge >= 0.3 is 0 Å². The lowest BCUT2D eigenvalue weighted by Crippen LogP contribution is -2.21. The number of nitrogens with one attached hydrogen (secondary N) is 1. The van der Waals surface area contributed by atoms with Crippen LogP contribution in [0.15, 0.2) is 36.5 Å². The van der Waals surface area contributed by atoms with Gasteiger partial charge in [0.15, 0.2) is 0 Å². The molecule has 0 fully saturated rings. The molecule has 1 heterocycles. The molecule has 6 nitrogen and oxygen atoms in total. The number of methoxy groups -OCH3 is 1. The molecule has 0 atom stereocenters. The van der Waals surface area contributed by atoms with Crippen molar-refractivity contribution < 1.29 is 9.84 Å². The quantitative estimate of drug-likeness (QED) is 0.814. The van der Waals surface area contributed by atoms with E-state index in [9.17, 15) is 0 Å². The van der Waals surface area contributed by atoms with Gasteiger partial charge in [0.1, 0.15) is 17.6 Å². The van der Waals surface area contributed by atoms with E-state index in [-0.39, 0.29) is 6.61 Å².